The summed E-state index contributed by atoms with van der Waals surface area (Å²) < 4.78 is 0. The largest absolute Gasteiger partial charge is 0.477 e. The van der Waals surface area contributed by atoms with Gasteiger partial charge in [-0.25, -0.2) is 4.79 Å². The summed E-state index contributed by atoms with van der Waals surface area (Å²) in [7, 11) is 0. The molecule has 1 N–H and O–H groups in total. The summed E-state index contributed by atoms with van der Waals surface area (Å²) in [5.74, 6) is -1.39. The Morgan fingerprint density at radius 2 is 2.13 bits per heavy atom. The second-order valence-corrected chi connectivity index (χ2v) is 2.91. The van der Waals surface area contributed by atoms with Gasteiger partial charge in [0.05, 0.1) is 4.92 Å². The zero-order valence-electron chi connectivity index (χ0n) is 7.76. The van der Waals surface area contributed by atoms with Gasteiger partial charge in [0.15, 0.2) is 6.29 Å². The van der Waals surface area contributed by atoms with Gasteiger partial charge in [-0.15, -0.1) is 0 Å². The number of carboxylic acids is 1. The maximum atomic E-state index is 10.7. The number of nitro benzene ring substituents is 1. The molecule has 0 saturated carbocycles. The van der Waals surface area contributed by atoms with Crippen LogP contribution in [0.15, 0.2) is 12.1 Å². The number of nitrogens with zero attached hydrogens (tertiary/aromatic N) is 1. The first-order valence-corrected chi connectivity index (χ1v) is 3.95. The predicted octanol–water partition coefficient (Wildman–Crippen LogP) is 1.41. The predicted molar refractivity (Wildman–Crippen MR) is 50.2 cm³/mol. The molecule has 15 heavy (non-hydrogen) atoms. The Bertz CT molecular complexity index is 452. The van der Waals surface area contributed by atoms with Crippen molar-refractivity contribution < 1.29 is 19.6 Å². The Morgan fingerprint density at radius 1 is 1.53 bits per heavy atom. The van der Waals surface area contributed by atoms with Crippen LogP contribution in [0.2, 0.25) is 0 Å². The van der Waals surface area contributed by atoms with Gasteiger partial charge in [-0.05, 0) is 18.6 Å². The summed E-state index contributed by atoms with van der Waals surface area (Å²) in [6, 6.07) is 2.08. The number of aryl methyl sites for hydroxylation is 1. The molecule has 6 nitrogen and oxygen atoms in total. The molecule has 1 aromatic rings. The van der Waals surface area contributed by atoms with Gasteiger partial charge in [-0.2, -0.15) is 0 Å². The van der Waals surface area contributed by atoms with Crippen LogP contribution in [-0.4, -0.2) is 22.3 Å². The summed E-state index contributed by atoms with van der Waals surface area (Å²) in [6.45, 7) is 1.51. The van der Waals surface area contributed by atoms with Crippen molar-refractivity contribution in [3.63, 3.8) is 0 Å². The van der Waals surface area contributed by atoms with Crippen LogP contribution in [0.1, 0.15) is 26.3 Å². The molecule has 0 radical (unpaired) electrons. The van der Waals surface area contributed by atoms with Gasteiger partial charge in [0.1, 0.15) is 5.56 Å². The van der Waals surface area contributed by atoms with Crippen LogP contribution < -0.4 is 0 Å². The number of rotatable bonds is 3. The number of nitro groups is 1. The molecule has 0 atom stereocenters. The normalized spacial score (nSPS) is 9.67. The van der Waals surface area contributed by atoms with E-state index in [9.17, 15) is 19.7 Å². The molecule has 1 rings (SSSR count). The molecule has 0 fully saturated rings. The molecule has 6 heteroatoms. The smallest absolute Gasteiger partial charge is 0.342 e. The number of aromatic carboxylic acids is 1. The van der Waals surface area contributed by atoms with Crippen LogP contribution in [0.3, 0.4) is 0 Å². The highest BCUT2D eigenvalue weighted by atomic mass is 16.6. The van der Waals surface area contributed by atoms with Crippen LogP contribution in [0.5, 0.6) is 0 Å². The number of carbonyl (C=O) groups is 2. The second-order valence-electron chi connectivity index (χ2n) is 2.91. The molecule has 0 aromatic heterocycles. The SMILES string of the molecule is Cc1cc(C(=O)O)c([N+](=O)[O-])cc1C=O. The van der Waals surface area contributed by atoms with Crippen molar-refractivity contribution in [3.8, 4) is 0 Å². The summed E-state index contributed by atoms with van der Waals surface area (Å²) in [6.07, 6.45) is 0.452. The van der Waals surface area contributed by atoms with Crippen LogP contribution >= 0.6 is 0 Å². The number of hydrogen-bond donors (Lipinski definition) is 1. The Labute approximate surface area is 84.3 Å². The average molecular weight is 209 g/mol. The average Bonchev–Trinajstić information content (AvgIpc) is 2.16. The van der Waals surface area contributed by atoms with Crippen LogP contribution in [0, 0.1) is 17.0 Å². The topological polar surface area (TPSA) is 97.5 Å². The fourth-order valence-corrected chi connectivity index (χ4v) is 1.16. The van der Waals surface area contributed by atoms with E-state index in [1.165, 1.54) is 6.92 Å². The Kier molecular flexibility index (Phi) is 2.80. The lowest BCUT2D eigenvalue weighted by Gasteiger charge is -2.02. The van der Waals surface area contributed by atoms with E-state index >= 15 is 0 Å². The third-order valence-electron chi connectivity index (χ3n) is 1.94. The van der Waals surface area contributed by atoms with Crippen molar-refractivity contribution in [2.24, 2.45) is 0 Å². The maximum absolute atomic E-state index is 10.7. The quantitative estimate of drug-likeness (QED) is 0.461. The molecule has 0 spiro atoms. The number of carboxylic acid groups (broad SMARTS) is 1. The highest BCUT2D eigenvalue weighted by Gasteiger charge is 2.21. The van der Waals surface area contributed by atoms with Crippen molar-refractivity contribution >= 4 is 17.9 Å². The molecule has 0 unspecified atom stereocenters. The first-order valence-electron chi connectivity index (χ1n) is 3.95. The lowest BCUT2D eigenvalue weighted by atomic mass is 10.0. The first-order chi connectivity index (χ1) is 6.97. The van der Waals surface area contributed by atoms with E-state index < -0.39 is 22.1 Å². The fourth-order valence-electron chi connectivity index (χ4n) is 1.16. The van der Waals surface area contributed by atoms with Gasteiger partial charge in [-0.3, -0.25) is 14.9 Å². The minimum atomic E-state index is -1.39. The van der Waals surface area contributed by atoms with Gasteiger partial charge >= 0.3 is 5.97 Å². The minimum Gasteiger partial charge on any atom is -0.477 e. The van der Waals surface area contributed by atoms with Gasteiger partial charge in [0.2, 0.25) is 0 Å². The van der Waals surface area contributed by atoms with Crippen molar-refractivity contribution in [2.75, 3.05) is 0 Å². The molecule has 0 bridgehead atoms. The monoisotopic (exact) mass is 209 g/mol. The summed E-state index contributed by atoms with van der Waals surface area (Å²) in [5.41, 5.74) is -0.474. The molecular weight excluding hydrogens is 202 g/mol. The van der Waals surface area contributed by atoms with E-state index in [1.54, 1.807) is 0 Å². The molecule has 78 valence electrons. The molecule has 0 aliphatic carbocycles. The third-order valence-corrected chi connectivity index (χ3v) is 1.94. The van der Waals surface area contributed by atoms with Gasteiger partial charge in [0.25, 0.3) is 5.69 Å². The van der Waals surface area contributed by atoms with Crippen LogP contribution in [-0.2, 0) is 0 Å². The first kappa shape index (κ1) is 10.8. The molecule has 1 aromatic carbocycles. The van der Waals surface area contributed by atoms with Crippen molar-refractivity contribution in [1.29, 1.82) is 0 Å². The molecule has 0 saturated heterocycles. The van der Waals surface area contributed by atoms with Crippen LogP contribution in [0.25, 0.3) is 0 Å². The maximum Gasteiger partial charge on any atom is 0.342 e. The Hall–Kier alpha value is -2.24. The summed E-state index contributed by atoms with van der Waals surface area (Å²) >= 11 is 0. The lowest BCUT2D eigenvalue weighted by Crippen LogP contribution is -2.04. The number of benzene rings is 1. The van der Waals surface area contributed by atoms with E-state index in [-0.39, 0.29) is 5.56 Å². The molecule has 0 aliphatic rings. The summed E-state index contributed by atoms with van der Waals surface area (Å²) in [4.78, 5) is 30.9. The zero-order chi connectivity index (χ0) is 11.6. The van der Waals surface area contributed by atoms with Crippen molar-refractivity contribution in [2.45, 2.75) is 6.92 Å². The van der Waals surface area contributed by atoms with Crippen LogP contribution in [0.4, 0.5) is 5.69 Å². The second kappa shape index (κ2) is 3.87. The highest BCUT2D eigenvalue weighted by molar-refractivity contribution is 5.94. The summed E-state index contributed by atoms with van der Waals surface area (Å²) in [5, 5.41) is 19.2. The van der Waals surface area contributed by atoms with Gasteiger partial charge in [0, 0.05) is 11.6 Å². The lowest BCUT2D eigenvalue weighted by molar-refractivity contribution is -0.385. The third kappa shape index (κ3) is 1.98. The molecule has 0 aliphatic heterocycles. The Morgan fingerprint density at radius 3 is 2.53 bits per heavy atom. The molecular formula is C9H7NO5. The zero-order valence-corrected chi connectivity index (χ0v) is 7.76. The number of hydrogen-bond acceptors (Lipinski definition) is 4. The van der Waals surface area contributed by atoms with Gasteiger partial charge < -0.3 is 5.11 Å². The minimum absolute atomic E-state index is 0.117. The fraction of sp³-hybridized carbons (Fsp3) is 0.111. The van der Waals surface area contributed by atoms with Gasteiger partial charge in [-0.1, -0.05) is 0 Å². The number of carbonyl (C=O) groups excluding carboxylic acids is 1. The Balaban J connectivity index is 3.52. The highest BCUT2D eigenvalue weighted by Crippen LogP contribution is 2.22. The number of aldehydes is 1. The molecule has 0 heterocycles. The van der Waals surface area contributed by atoms with E-state index in [2.05, 4.69) is 0 Å². The van der Waals surface area contributed by atoms with E-state index in [0.717, 1.165) is 12.1 Å². The van der Waals surface area contributed by atoms with Crippen molar-refractivity contribution in [3.05, 3.63) is 38.9 Å². The van der Waals surface area contributed by atoms with E-state index in [4.69, 9.17) is 5.11 Å². The van der Waals surface area contributed by atoms with E-state index in [1.807, 2.05) is 0 Å². The van der Waals surface area contributed by atoms with Crippen molar-refractivity contribution in [1.82, 2.24) is 0 Å². The van der Waals surface area contributed by atoms with E-state index in [0.29, 0.717) is 11.8 Å². The molecule has 0 amide bonds. The standard InChI is InChI=1S/C9H7NO5/c1-5-2-7(9(12)13)8(10(14)15)3-6(5)4-11/h2-4H,1H3,(H,12,13).